The second-order valence-corrected chi connectivity index (χ2v) is 14.0. The summed E-state index contributed by atoms with van der Waals surface area (Å²) >= 11 is 0. The third kappa shape index (κ3) is 12.9. The highest BCUT2D eigenvalue weighted by atomic mass is 16.3. The van der Waals surface area contributed by atoms with Crippen molar-refractivity contribution in [3.8, 4) is 6.57 Å². The number of amides is 1. The highest BCUT2D eigenvalue weighted by Gasteiger charge is 2.50. The van der Waals surface area contributed by atoms with Crippen LogP contribution in [0, 0.1) is 40.9 Å². The molecule has 3 aliphatic rings. The molecule has 0 spiro atoms. The molecule has 0 saturated heterocycles. The molecule has 3 fully saturated rings. The number of hydrogen-bond donors (Lipinski definition) is 3. The van der Waals surface area contributed by atoms with E-state index in [2.05, 4.69) is 44.5 Å². The molecule has 3 rings (SSSR count). The Kier molecular flexibility index (Phi) is 16.8. The lowest BCUT2D eigenvalue weighted by molar-refractivity contribution is -0.121. The number of nitrogens with one attached hydrogen (secondary N) is 1. The summed E-state index contributed by atoms with van der Waals surface area (Å²) in [4.78, 5) is 10.9. The molecular weight excluding hydrogens is 508 g/mol. The van der Waals surface area contributed by atoms with Crippen LogP contribution in [0.2, 0.25) is 0 Å². The van der Waals surface area contributed by atoms with Crippen molar-refractivity contribution < 1.29 is 15.0 Å². The number of aliphatic hydroxyl groups excluding tert-OH is 1. The minimum Gasteiger partial charge on any atom is -0.396 e. The highest BCUT2D eigenvalue weighted by molar-refractivity contribution is 5.75. The molecule has 1 amide bonds. The van der Waals surface area contributed by atoms with Gasteiger partial charge in [0.05, 0.1) is 5.60 Å². The normalized spacial score (nSPS) is 27.0. The average Bonchev–Trinajstić information content (AvgIpc) is 3.26. The van der Waals surface area contributed by atoms with Crippen molar-refractivity contribution >= 4 is 5.91 Å². The summed E-state index contributed by atoms with van der Waals surface area (Å²) in [6.45, 7) is 21.5. The topological polar surface area (TPSA) is 93.3 Å². The van der Waals surface area contributed by atoms with Crippen LogP contribution in [0.3, 0.4) is 0 Å². The summed E-state index contributed by atoms with van der Waals surface area (Å²) in [5, 5.41) is 27.7. The molecule has 0 heterocycles. The number of allylic oxidation sites excluding steroid dienone is 5. The molecule has 0 aromatic heterocycles. The molecule has 41 heavy (non-hydrogen) atoms. The minimum atomic E-state index is -0.515. The monoisotopic (exact) mass is 570 g/mol. The highest BCUT2D eigenvalue weighted by Crippen LogP contribution is 2.60. The van der Waals surface area contributed by atoms with Gasteiger partial charge in [-0.15, -0.1) is 0 Å². The summed E-state index contributed by atoms with van der Waals surface area (Å²) < 4.78 is 0. The Labute approximate surface area is 252 Å². The zero-order chi connectivity index (χ0) is 31.1. The number of aliphatic hydroxyl groups is 2. The second kappa shape index (κ2) is 18.6. The molecule has 4 atom stereocenters. The van der Waals surface area contributed by atoms with Crippen molar-refractivity contribution in [2.45, 2.75) is 137 Å². The van der Waals surface area contributed by atoms with E-state index in [0.29, 0.717) is 30.7 Å². The Morgan fingerprint density at radius 1 is 1.12 bits per heavy atom. The van der Waals surface area contributed by atoms with Gasteiger partial charge in [0.15, 0.2) is 0 Å². The smallest absolute Gasteiger partial charge is 0.220 e. The quantitative estimate of drug-likeness (QED) is 0.217. The summed E-state index contributed by atoms with van der Waals surface area (Å²) in [7, 11) is 0. The Balaban J connectivity index is 0.000000547. The molecule has 0 aromatic rings. The summed E-state index contributed by atoms with van der Waals surface area (Å²) in [6.07, 6.45) is 21.4. The van der Waals surface area contributed by atoms with Gasteiger partial charge in [0.1, 0.15) is 0 Å². The van der Waals surface area contributed by atoms with Gasteiger partial charge in [-0.05, 0) is 119 Å². The van der Waals surface area contributed by atoms with Crippen molar-refractivity contribution in [2.75, 3.05) is 13.2 Å². The Morgan fingerprint density at radius 2 is 1.80 bits per heavy atom. The van der Waals surface area contributed by atoms with Crippen molar-refractivity contribution in [1.29, 1.82) is 5.26 Å². The van der Waals surface area contributed by atoms with E-state index in [1.165, 1.54) is 75.4 Å². The van der Waals surface area contributed by atoms with Crippen molar-refractivity contribution in [2.24, 2.45) is 29.1 Å². The van der Waals surface area contributed by atoms with Crippen molar-refractivity contribution in [3.63, 3.8) is 0 Å². The van der Waals surface area contributed by atoms with E-state index in [1.54, 1.807) is 5.57 Å². The van der Waals surface area contributed by atoms with Gasteiger partial charge < -0.3 is 15.5 Å². The summed E-state index contributed by atoms with van der Waals surface area (Å²) in [5.74, 6) is 2.89. The van der Waals surface area contributed by atoms with Crippen molar-refractivity contribution in [3.05, 3.63) is 35.5 Å². The van der Waals surface area contributed by atoms with Gasteiger partial charge in [-0.3, -0.25) is 4.79 Å². The molecule has 3 aliphatic carbocycles. The largest absolute Gasteiger partial charge is 0.396 e. The zero-order valence-corrected chi connectivity index (χ0v) is 27.3. The van der Waals surface area contributed by atoms with E-state index in [-0.39, 0.29) is 12.5 Å². The van der Waals surface area contributed by atoms with Crippen LogP contribution in [-0.4, -0.2) is 34.9 Å². The molecule has 0 aliphatic heterocycles. The van der Waals surface area contributed by atoms with Gasteiger partial charge in [-0.1, -0.05) is 70.4 Å². The molecule has 0 bridgehead atoms. The Hall–Kier alpha value is -1.90. The van der Waals surface area contributed by atoms with Crippen LogP contribution in [-0.2, 0) is 4.79 Å². The molecule has 0 radical (unpaired) electrons. The number of rotatable bonds is 11. The van der Waals surface area contributed by atoms with Gasteiger partial charge in [-0.2, -0.15) is 0 Å². The van der Waals surface area contributed by atoms with Gasteiger partial charge >= 0.3 is 0 Å². The maximum Gasteiger partial charge on any atom is 0.220 e. The fourth-order valence-corrected chi connectivity index (χ4v) is 7.42. The molecule has 3 N–H and O–H groups in total. The second-order valence-electron chi connectivity index (χ2n) is 14.0. The average molecular weight is 571 g/mol. The van der Waals surface area contributed by atoms with E-state index in [1.807, 2.05) is 27.7 Å². The molecule has 5 nitrogen and oxygen atoms in total. The van der Waals surface area contributed by atoms with Gasteiger partial charge in [-0.25, -0.2) is 5.26 Å². The van der Waals surface area contributed by atoms with Crippen LogP contribution in [0.1, 0.15) is 131 Å². The fourth-order valence-electron chi connectivity index (χ4n) is 7.42. The van der Waals surface area contributed by atoms with Crippen LogP contribution in [0.15, 0.2) is 35.5 Å². The first-order valence-electron chi connectivity index (χ1n) is 16.3. The number of nitriles is 1. The molecule has 234 valence electrons. The molecular formula is C36H62N2O3. The van der Waals surface area contributed by atoms with E-state index in [9.17, 15) is 9.90 Å². The predicted octanol–water partition coefficient (Wildman–Crippen LogP) is 8.43. The lowest BCUT2D eigenvalue weighted by Crippen LogP contribution is -2.36. The van der Waals surface area contributed by atoms with E-state index < -0.39 is 5.60 Å². The lowest BCUT2D eigenvalue weighted by atomic mass is 9.60. The maximum atomic E-state index is 10.9. The maximum absolute atomic E-state index is 10.9. The SMILES string of the molecule is C#N.C=C1CCCC/C1=C/C=C1\CCCC2(C)C1CCC2[C@H](C)CCCC(C)(C)O.CC(C)CC(=O)NCCCO. The molecule has 5 heteroatoms. The Bertz CT molecular complexity index is 879. The van der Waals surface area contributed by atoms with Crippen LogP contribution >= 0.6 is 0 Å². The third-order valence-electron chi connectivity index (χ3n) is 9.55. The van der Waals surface area contributed by atoms with E-state index in [4.69, 9.17) is 10.4 Å². The standard InChI is InChI=1S/C27H44O.C8H17NO2.CHN/c1-20-10-6-7-12-22(20)14-15-23-13-9-19-27(5)24(16-17-25(23)27)21(2)11-8-18-26(3,4)28;1-7(2)6-8(11)9-4-3-5-10;1-2/h14-15,21,24-25,28H,1,6-13,16-19H2,2-5H3;7,10H,3-6H2,1-2H3,(H,9,11);1H/b22-14-,23-15+;;/t21-,24?,25?,27?;;/m1../s1. The van der Waals surface area contributed by atoms with E-state index in [0.717, 1.165) is 30.6 Å². The van der Waals surface area contributed by atoms with Crippen LogP contribution < -0.4 is 5.32 Å². The lowest BCUT2D eigenvalue weighted by Gasteiger charge is -2.44. The van der Waals surface area contributed by atoms with Crippen LogP contribution in [0.4, 0.5) is 0 Å². The number of carbonyl (C=O) groups excluding carboxylic acids is 1. The van der Waals surface area contributed by atoms with Crippen LogP contribution in [0.25, 0.3) is 0 Å². The number of hydrogen-bond acceptors (Lipinski definition) is 4. The first-order chi connectivity index (χ1) is 19.4. The minimum absolute atomic E-state index is 0.0773. The fraction of sp³-hybridized carbons (Fsp3) is 0.778. The van der Waals surface area contributed by atoms with Crippen molar-refractivity contribution in [1.82, 2.24) is 5.32 Å². The zero-order valence-electron chi connectivity index (χ0n) is 27.3. The third-order valence-corrected chi connectivity index (χ3v) is 9.55. The predicted molar refractivity (Wildman–Crippen MR) is 172 cm³/mol. The van der Waals surface area contributed by atoms with E-state index >= 15 is 0 Å². The summed E-state index contributed by atoms with van der Waals surface area (Å²) in [6, 6.07) is 0. The Morgan fingerprint density at radius 3 is 2.41 bits per heavy atom. The first-order valence-corrected chi connectivity index (χ1v) is 16.3. The molecule has 0 aromatic carbocycles. The van der Waals surface area contributed by atoms with Gasteiger partial charge in [0.2, 0.25) is 5.91 Å². The van der Waals surface area contributed by atoms with Gasteiger partial charge in [0, 0.05) is 26.1 Å². The number of fused-ring (bicyclic) bond motifs is 1. The molecule has 3 unspecified atom stereocenters. The molecule has 3 saturated carbocycles. The summed E-state index contributed by atoms with van der Waals surface area (Å²) in [5.41, 5.74) is 4.59. The first kappa shape index (κ1) is 37.1. The number of nitrogens with zero attached hydrogens (tertiary/aromatic N) is 1. The van der Waals surface area contributed by atoms with Crippen LogP contribution in [0.5, 0.6) is 0 Å². The number of carbonyl (C=O) groups is 1. The van der Waals surface area contributed by atoms with Gasteiger partial charge in [0.25, 0.3) is 0 Å².